The van der Waals surface area contributed by atoms with E-state index in [0.29, 0.717) is 28.6 Å². The summed E-state index contributed by atoms with van der Waals surface area (Å²) in [6.07, 6.45) is 6.69. The van der Waals surface area contributed by atoms with Gasteiger partial charge in [-0.05, 0) is 49.2 Å². The third-order valence-corrected chi connectivity index (χ3v) is 6.04. The Kier molecular flexibility index (Phi) is 5.51. The van der Waals surface area contributed by atoms with Crippen molar-refractivity contribution in [3.05, 3.63) is 77.3 Å². The van der Waals surface area contributed by atoms with E-state index < -0.39 is 0 Å². The number of benzene rings is 1. The minimum atomic E-state index is -0.145. The summed E-state index contributed by atoms with van der Waals surface area (Å²) in [4.78, 5) is 28.6. The largest absolute Gasteiger partial charge is 0.382 e. The highest BCUT2D eigenvalue weighted by Crippen LogP contribution is 2.28. The van der Waals surface area contributed by atoms with Crippen LogP contribution in [-0.4, -0.2) is 58.8 Å². The second-order valence-corrected chi connectivity index (χ2v) is 8.53. The molecule has 0 spiro atoms. The molecule has 1 aromatic heterocycles. The van der Waals surface area contributed by atoms with Crippen molar-refractivity contribution in [2.24, 2.45) is 4.99 Å². The van der Waals surface area contributed by atoms with Crippen molar-refractivity contribution in [2.75, 3.05) is 31.9 Å². The molecule has 1 atom stereocenters. The van der Waals surface area contributed by atoms with Gasteiger partial charge in [0.1, 0.15) is 11.7 Å². The van der Waals surface area contributed by atoms with Crippen LogP contribution in [0.4, 0.5) is 5.82 Å². The van der Waals surface area contributed by atoms with Gasteiger partial charge in [0.25, 0.3) is 5.91 Å². The zero-order chi connectivity index (χ0) is 22.9. The van der Waals surface area contributed by atoms with Gasteiger partial charge in [0, 0.05) is 36.5 Å². The van der Waals surface area contributed by atoms with Crippen LogP contribution in [0.2, 0.25) is 0 Å². The van der Waals surface area contributed by atoms with Crippen molar-refractivity contribution in [1.82, 2.24) is 25.5 Å². The van der Waals surface area contributed by atoms with E-state index in [0.717, 1.165) is 55.0 Å². The minimum absolute atomic E-state index is 0.0545. The number of nitrogens with zero attached hydrogens (tertiary/aromatic N) is 4. The number of nitrogens with one attached hydrogen (secondary N) is 2. The lowest BCUT2D eigenvalue weighted by Gasteiger charge is -2.20. The number of allylic oxidation sites excluding steroid dienone is 2. The molecule has 3 heterocycles. The Labute approximate surface area is 193 Å². The van der Waals surface area contributed by atoms with Gasteiger partial charge in [0.2, 0.25) is 0 Å². The standard InChI is InChI=1S/C25H27N7O/c1-15-12-16(2)21-19(13-15)30-24(31-21)22-23(26)28-14-20(29-22)17-4-6-18(7-5-17)25(33)32-10-3-8-27-9-11-32/h4-7,12-14,21,27H,2-3,8-11H2,1H3,(H2,26,28)(H,30,31). The van der Waals surface area contributed by atoms with Crippen LogP contribution in [-0.2, 0) is 0 Å². The molecule has 1 unspecified atom stereocenters. The number of carbonyl (C=O) groups excluding carboxylic acids is 1. The Morgan fingerprint density at radius 1 is 1.18 bits per heavy atom. The van der Waals surface area contributed by atoms with E-state index in [1.807, 2.05) is 42.2 Å². The second kappa shape index (κ2) is 8.63. The number of amidine groups is 1. The van der Waals surface area contributed by atoms with Gasteiger partial charge in [0.15, 0.2) is 11.7 Å². The lowest BCUT2D eigenvalue weighted by atomic mass is 9.97. The van der Waals surface area contributed by atoms with Crippen LogP contribution >= 0.6 is 0 Å². The normalized spacial score (nSPS) is 20.3. The number of anilines is 1. The molecule has 3 aliphatic rings. The Morgan fingerprint density at radius 2 is 2.00 bits per heavy atom. The van der Waals surface area contributed by atoms with E-state index in [2.05, 4.69) is 28.3 Å². The highest BCUT2D eigenvalue weighted by atomic mass is 16.2. The second-order valence-electron chi connectivity index (χ2n) is 8.53. The van der Waals surface area contributed by atoms with Crippen molar-refractivity contribution in [2.45, 2.75) is 19.4 Å². The fraction of sp³-hybridized carbons (Fsp3) is 0.280. The molecule has 4 N–H and O–H groups in total. The molecule has 8 nitrogen and oxygen atoms in total. The summed E-state index contributed by atoms with van der Waals surface area (Å²) in [5, 5.41) is 6.65. The number of rotatable bonds is 3. The number of fused-ring (bicyclic) bond motifs is 1. The van der Waals surface area contributed by atoms with Gasteiger partial charge in [-0.1, -0.05) is 24.8 Å². The third kappa shape index (κ3) is 4.17. The first kappa shape index (κ1) is 21.1. The molecule has 2 aliphatic heterocycles. The van der Waals surface area contributed by atoms with Crippen molar-refractivity contribution < 1.29 is 4.79 Å². The van der Waals surface area contributed by atoms with Gasteiger partial charge in [-0.3, -0.25) is 9.79 Å². The SMILES string of the molecule is C=C1C=C(C)C=C2NC(c3nc(-c4ccc(C(=O)N5CCCNCC5)cc4)cnc3N)=NC12. The molecule has 1 amide bonds. The predicted octanol–water partition coefficient (Wildman–Crippen LogP) is 2.28. The van der Waals surface area contributed by atoms with E-state index in [4.69, 9.17) is 15.7 Å². The zero-order valence-electron chi connectivity index (χ0n) is 18.6. The van der Waals surface area contributed by atoms with Gasteiger partial charge in [-0.25, -0.2) is 9.97 Å². The van der Waals surface area contributed by atoms with Gasteiger partial charge >= 0.3 is 0 Å². The van der Waals surface area contributed by atoms with Crippen LogP contribution < -0.4 is 16.4 Å². The number of carbonyl (C=O) groups is 1. The van der Waals surface area contributed by atoms with Crippen LogP contribution in [0.15, 0.2) is 71.0 Å². The van der Waals surface area contributed by atoms with Gasteiger partial charge < -0.3 is 21.3 Å². The number of amides is 1. The average Bonchev–Trinajstić information content (AvgIpc) is 3.05. The maximum Gasteiger partial charge on any atom is 0.253 e. The van der Waals surface area contributed by atoms with Crippen LogP contribution in [0.3, 0.4) is 0 Å². The maximum atomic E-state index is 12.9. The number of nitrogen functional groups attached to an aromatic ring is 1. The number of aromatic nitrogens is 2. The Morgan fingerprint density at radius 3 is 2.82 bits per heavy atom. The molecule has 1 aliphatic carbocycles. The Bertz CT molecular complexity index is 1200. The van der Waals surface area contributed by atoms with Crippen molar-refractivity contribution in [3.63, 3.8) is 0 Å². The molecule has 0 saturated carbocycles. The molecule has 168 valence electrons. The zero-order valence-corrected chi connectivity index (χ0v) is 18.6. The average molecular weight is 442 g/mol. The molecule has 8 heteroatoms. The summed E-state index contributed by atoms with van der Waals surface area (Å²) in [6.45, 7) is 9.42. The predicted molar refractivity (Wildman–Crippen MR) is 130 cm³/mol. The maximum absolute atomic E-state index is 12.9. The smallest absolute Gasteiger partial charge is 0.253 e. The summed E-state index contributed by atoms with van der Waals surface area (Å²) in [5.41, 5.74) is 11.9. The first-order valence-corrected chi connectivity index (χ1v) is 11.2. The van der Waals surface area contributed by atoms with E-state index in [1.165, 1.54) is 0 Å². The van der Waals surface area contributed by atoms with Crippen LogP contribution in [0.5, 0.6) is 0 Å². The van der Waals surface area contributed by atoms with E-state index in [1.54, 1.807) is 6.20 Å². The number of hydrogen-bond acceptors (Lipinski definition) is 7. The summed E-state index contributed by atoms with van der Waals surface area (Å²) in [6, 6.07) is 7.34. The van der Waals surface area contributed by atoms with Crippen LogP contribution in [0.1, 0.15) is 29.4 Å². The summed E-state index contributed by atoms with van der Waals surface area (Å²) in [5.74, 6) is 0.948. The van der Waals surface area contributed by atoms with E-state index in [-0.39, 0.29) is 11.9 Å². The lowest BCUT2D eigenvalue weighted by Crippen LogP contribution is -2.34. The molecular weight excluding hydrogens is 414 g/mol. The third-order valence-electron chi connectivity index (χ3n) is 6.04. The molecule has 33 heavy (non-hydrogen) atoms. The molecule has 1 aromatic carbocycles. The van der Waals surface area contributed by atoms with E-state index in [9.17, 15) is 4.79 Å². The fourth-order valence-corrected chi connectivity index (χ4v) is 4.34. The highest BCUT2D eigenvalue weighted by Gasteiger charge is 2.29. The first-order chi connectivity index (χ1) is 16.0. The lowest BCUT2D eigenvalue weighted by molar-refractivity contribution is 0.0766. The Hall–Kier alpha value is -3.78. The monoisotopic (exact) mass is 441 g/mol. The molecule has 0 radical (unpaired) electrons. The molecule has 0 bridgehead atoms. The van der Waals surface area contributed by atoms with Crippen molar-refractivity contribution >= 4 is 17.6 Å². The van der Waals surface area contributed by atoms with Crippen LogP contribution in [0.25, 0.3) is 11.3 Å². The minimum Gasteiger partial charge on any atom is -0.382 e. The van der Waals surface area contributed by atoms with Gasteiger partial charge in [-0.2, -0.15) is 0 Å². The quantitative estimate of drug-likeness (QED) is 0.674. The summed E-state index contributed by atoms with van der Waals surface area (Å²) in [7, 11) is 0. The van der Waals surface area contributed by atoms with Crippen LogP contribution in [0, 0.1) is 0 Å². The molecule has 2 aromatic rings. The molecular formula is C25H27N7O. The van der Waals surface area contributed by atoms with E-state index >= 15 is 0 Å². The Balaban J connectivity index is 1.38. The number of nitrogens with two attached hydrogens (primary N) is 1. The molecule has 1 fully saturated rings. The highest BCUT2D eigenvalue weighted by molar-refractivity contribution is 6.04. The topological polar surface area (TPSA) is 109 Å². The fourth-order valence-electron chi connectivity index (χ4n) is 4.34. The molecule has 5 rings (SSSR count). The summed E-state index contributed by atoms with van der Waals surface area (Å²) >= 11 is 0. The first-order valence-electron chi connectivity index (χ1n) is 11.2. The van der Waals surface area contributed by atoms with Crippen molar-refractivity contribution in [3.8, 4) is 11.3 Å². The number of hydrogen-bond donors (Lipinski definition) is 3. The molecule has 1 saturated heterocycles. The number of aliphatic imine (C=N–C) groups is 1. The van der Waals surface area contributed by atoms with Crippen molar-refractivity contribution in [1.29, 1.82) is 0 Å². The van der Waals surface area contributed by atoms with Gasteiger partial charge in [0.05, 0.1) is 11.9 Å². The van der Waals surface area contributed by atoms with Gasteiger partial charge in [-0.15, -0.1) is 0 Å². The summed E-state index contributed by atoms with van der Waals surface area (Å²) < 4.78 is 0.